The molecular weight excluding hydrogens is 789 g/mol. The quantitative estimate of drug-likeness (QED) is 0.231. The Morgan fingerprint density at radius 2 is 1.80 bits per heavy atom. The van der Waals surface area contributed by atoms with Crippen LogP contribution in [0.2, 0.25) is 0 Å². The number of benzene rings is 1. The van der Waals surface area contributed by atoms with Crippen LogP contribution in [-0.2, 0) is 29.1 Å². The fraction of sp³-hybridized carbons (Fsp3) is 0.659. The van der Waals surface area contributed by atoms with E-state index >= 15 is 0 Å². The number of sulfonamides is 1. The van der Waals surface area contributed by atoms with Gasteiger partial charge in [0.1, 0.15) is 35.1 Å². The first-order valence-electron chi connectivity index (χ1n) is 21.4. The number of anilines is 1. The molecule has 4 amide bonds. The van der Waals surface area contributed by atoms with Crippen molar-refractivity contribution in [2.75, 3.05) is 32.6 Å². The average Bonchev–Trinajstić information content (AvgIpc) is 4.09. The minimum atomic E-state index is -4.02. The van der Waals surface area contributed by atoms with Gasteiger partial charge >= 0.3 is 6.09 Å². The largest absolute Gasteiger partial charge is 0.494 e. The summed E-state index contributed by atoms with van der Waals surface area (Å²) in [4.78, 5) is 64.8. The minimum Gasteiger partial charge on any atom is -0.494 e. The van der Waals surface area contributed by atoms with Crippen LogP contribution in [0.1, 0.15) is 111 Å². The van der Waals surface area contributed by atoms with Crippen LogP contribution >= 0.6 is 0 Å². The van der Waals surface area contributed by atoms with E-state index < -0.39 is 73.8 Å². The number of carbonyl (C=O) groups is 4. The van der Waals surface area contributed by atoms with Gasteiger partial charge in [0.05, 0.1) is 24.6 Å². The molecule has 3 N–H and O–H groups in total. The first-order valence-corrected chi connectivity index (χ1v) is 22.9. The van der Waals surface area contributed by atoms with Crippen LogP contribution in [0.5, 0.6) is 11.6 Å². The number of nitrogens with zero attached hydrogens (tertiary/aromatic N) is 3. The first-order chi connectivity index (χ1) is 28.2. The standard InChI is InChI=1S/C42H60N6O9S.C2H6.3H2/c1-10-41(17-18-41)58(53,54)46-38(51)42-22-27(42)14-12-11-13-25(2)19-26(3)34(44-39(52)57-40(4,5)6)37(50)48-24-29(21-32(48)35(49)45-42)56-36-30-16-15-28(47(7)8)20-31(30)33(55-9)23-43-36;1-2;;;/h12,14-16,20,23,25-27,29,32,34H,10-11,13,17-19,21-22,24H2,1-9H3,(H,44,52)(H,45,49)(H,46,51);1-2H3;3*1H/b14-12-;;;;/t25-,26+,27+,29+,32-,34-,42+;;;;/m0..../s1. The van der Waals surface area contributed by atoms with Crippen molar-refractivity contribution in [3.63, 3.8) is 0 Å². The lowest BCUT2D eigenvalue weighted by Gasteiger charge is -2.33. The fourth-order valence-corrected chi connectivity index (χ4v) is 10.1. The molecule has 2 aliphatic carbocycles. The van der Waals surface area contributed by atoms with Crippen LogP contribution in [-0.4, -0.2) is 104 Å². The lowest BCUT2D eigenvalue weighted by Crippen LogP contribution is -2.59. The van der Waals surface area contributed by atoms with Crippen LogP contribution < -0.4 is 29.7 Å². The van der Waals surface area contributed by atoms with Crippen LogP contribution in [0.25, 0.3) is 10.8 Å². The molecule has 16 heteroatoms. The van der Waals surface area contributed by atoms with Gasteiger partial charge in [0, 0.05) is 47.2 Å². The zero-order chi connectivity index (χ0) is 44.4. The molecule has 0 unspecified atom stereocenters. The van der Waals surface area contributed by atoms with Gasteiger partial charge in [-0.1, -0.05) is 46.8 Å². The Bertz CT molecular complexity index is 2080. The summed E-state index contributed by atoms with van der Waals surface area (Å²) in [7, 11) is 1.41. The third kappa shape index (κ3) is 9.95. The molecule has 7 atom stereocenters. The van der Waals surface area contributed by atoms with Crippen LogP contribution in [0, 0.1) is 17.8 Å². The Kier molecular flexibility index (Phi) is 14.1. The van der Waals surface area contributed by atoms with E-state index in [9.17, 15) is 27.6 Å². The SMILES string of the molecule is CC.CCC1(S(=O)(=O)NC(=O)[C@@]23C[C@H]2/C=C\CC[C@H](C)C[C@@H](C)[C@H](NC(=O)OC(C)(C)C)C(=O)N2C[C@H](Oc4ncc(OC)c5cc(N(C)C)ccc45)C[C@H]2C(=O)N3)CC1.[HH].[HH].[HH]. The second-order valence-electron chi connectivity index (χ2n) is 17.9. The first kappa shape index (κ1) is 46.5. The highest BCUT2D eigenvalue weighted by Gasteiger charge is 2.63. The number of ether oxygens (including phenoxy) is 3. The Morgan fingerprint density at radius 3 is 2.42 bits per heavy atom. The molecule has 2 aliphatic heterocycles. The molecular formula is C44H72N6O9S. The molecule has 1 aromatic carbocycles. The normalized spacial score (nSPS) is 28.2. The minimum absolute atomic E-state index is 0. The molecule has 4 aliphatic rings. The number of carbonyl (C=O) groups excluding carboxylic acids is 4. The molecule has 2 aromatic rings. The van der Waals surface area contributed by atoms with Gasteiger partial charge in [0.15, 0.2) is 0 Å². The van der Waals surface area contributed by atoms with Crippen molar-refractivity contribution >= 4 is 50.3 Å². The van der Waals surface area contributed by atoms with E-state index in [-0.39, 0.29) is 41.4 Å². The van der Waals surface area contributed by atoms with E-state index in [1.54, 1.807) is 41.0 Å². The summed E-state index contributed by atoms with van der Waals surface area (Å²) in [6, 6.07) is 3.57. The fourth-order valence-electron chi connectivity index (χ4n) is 8.39. The maximum absolute atomic E-state index is 14.9. The topological polar surface area (TPSA) is 186 Å². The highest BCUT2D eigenvalue weighted by Crippen LogP contribution is 2.49. The Labute approximate surface area is 360 Å². The smallest absolute Gasteiger partial charge is 0.408 e. The monoisotopic (exact) mass is 861 g/mol. The number of hydrogen-bond acceptors (Lipinski definition) is 11. The molecule has 0 radical (unpaired) electrons. The molecule has 1 aromatic heterocycles. The summed E-state index contributed by atoms with van der Waals surface area (Å²) in [5.41, 5.74) is -1.43. The zero-order valence-electron chi connectivity index (χ0n) is 37.2. The second kappa shape index (κ2) is 18.2. The lowest BCUT2D eigenvalue weighted by atomic mass is 9.88. The van der Waals surface area contributed by atoms with Crippen molar-refractivity contribution in [3.05, 3.63) is 36.5 Å². The maximum Gasteiger partial charge on any atom is 0.408 e. The van der Waals surface area contributed by atoms with Gasteiger partial charge in [-0.15, -0.1) is 0 Å². The van der Waals surface area contributed by atoms with Gasteiger partial charge in [0.2, 0.25) is 27.7 Å². The van der Waals surface area contributed by atoms with E-state index in [4.69, 9.17) is 14.2 Å². The van der Waals surface area contributed by atoms with Crippen molar-refractivity contribution in [1.82, 2.24) is 25.2 Å². The number of allylic oxidation sites excluding steroid dienone is 1. The van der Waals surface area contributed by atoms with Gasteiger partial charge in [-0.3, -0.25) is 19.1 Å². The predicted octanol–water partition coefficient (Wildman–Crippen LogP) is 6.59. The van der Waals surface area contributed by atoms with Crippen LogP contribution in [0.15, 0.2) is 36.5 Å². The van der Waals surface area contributed by atoms with Gasteiger partial charge < -0.3 is 34.6 Å². The summed E-state index contributed by atoms with van der Waals surface area (Å²) < 4.78 is 46.0. The van der Waals surface area contributed by atoms with E-state index in [1.165, 1.54) is 4.90 Å². The van der Waals surface area contributed by atoms with Crippen molar-refractivity contribution in [1.29, 1.82) is 0 Å². The summed E-state index contributed by atoms with van der Waals surface area (Å²) in [6.07, 6.45) is 7.46. The van der Waals surface area contributed by atoms with E-state index in [1.807, 2.05) is 70.1 Å². The van der Waals surface area contributed by atoms with Crippen LogP contribution in [0.4, 0.5) is 10.5 Å². The van der Waals surface area contributed by atoms with Crippen molar-refractivity contribution in [2.24, 2.45) is 17.8 Å². The number of amides is 4. The summed E-state index contributed by atoms with van der Waals surface area (Å²) in [5.74, 6) is -1.75. The summed E-state index contributed by atoms with van der Waals surface area (Å²) in [5, 5.41) is 7.18. The third-order valence-electron chi connectivity index (χ3n) is 12.2. The van der Waals surface area contributed by atoms with Crippen molar-refractivity contribution in [2.45, 2.75) is 141 Å². The molecule has 15 nitrogen and oxygen atoms in total. The lowest BCUT2D eigenvalue weighted by molar-refractivity contribution is -0.142. The number of alkyl carbamates (subject to hydrolysis) is 1. The van der Waals surface area contributed by atoms with Gasteiger partial charge in [-0.2, -0.15) is 0 Å². The molecule has 0 spiro atoms. The summed E-state index contributed by atoms with van der Waals surface area (Å²) >= 11 is 0. The van der Waals surface area contributed by atoms with Gasteiger partial charge in [-0.05, 0) is 95.8 Å². The number of pyridine rings is 1. The number of fused-ring (bicyclic) bond motifs is 3. The van der Waals surface area contributed by atoms with Gasteiger partial charge in [0.25, 0.3) is 5.91 Å². The Hall–Kier alpha value is -4.60. The van der Waals surface area contributed by atoms with E-state index in [2.05, 4.69) is 27.3 Å². The number of hydrogen-bond donors (Lipinski definition) is 3. The molecule has 1 saturated heterocycles. The second-order valence-corrected chi connectivity index (χ2v) is 20.0. The van der Waals surface area contributed by atoms with Crippen molar-refractivity contribution < 1.29 is 46.1 Å². The number of rotatable bonds is 9. The highest BCUT2D eigenvalue weighted by atomic mass is 32.2. The molecule has 6 rings (SSSR count). The molecule has 2 saturated carbocycles. The summed E-state index contributed by atoms with van der Waals surface area (Å²) in [6.45, 7) is 14.9. The van der Waals surface area contributed by atoms with E-state index in [0.717, 1.165) is 17.5 Å². The molecule has 338 valence electrons. The van der Waals surface area contributed by atoms with Crippen LogP contribution in [0.3, 0.4) is 0 Å². The number of nitrogens with one attached hydrogen (secondary N) is 3. The zero-order valence-corrected chi connectivity index (χ0v) is 38.0. The number of aromatic nitrogens is 1. The Balaban J connectivity index is 0.00000269. The molecule has 0 bridgehead atoms. The van der Waals surface area contributed by atoms with E-state index in [0.29, 0.717) is 43.2 Å². The molecule has 60 heavy (non-hydrogen) atoms. The maximum atomic E-state index is 14.9. The third-order valence-corrected chi connectivity index (χ3v) is 14.4. The highest BCUT2D eigenvalue weighted by molar-refractivity contribution is 7.91. The molecule has 3 heterocycles. The molecule has 3 fully saturated rings. The average molecular weight is 861 g/mol. The van der Waals surface area contributed by atoms with Crippen molar-refractivity contribution in [3.8, 4) is 11.6 Å². The van der Waals surface area contributed by atoms with Gasteiger partial charge in [-0.25, -0.2) is 18.2 Å². The Morgan fingerprint density at radius 1 is 1.10 bits per heavy atom. The predicted molar refractivity (Wildman–Crippen MR) is 238 cm³/mol. The number of methoxy groups -OCH3 is 1.